The standard InChI is InChI=1S/C30H34N10O4/c1-19-21(5-7-23-27(19)33-15-13-31-23)37-29-35-11-3-17-39(29)43-25(41)9-10-26(42)44-40-18-4-12-36-30(40)38-22-6-8-24-28(20(22)2)34-16-14-32-24/h5-10,13-16,29-30,35-38H,3-4,11-12,17-18H2,1-2H3/b10-9+. The first-order valence-corrected chi connectivity index (χ1v) is 14.5. The fourth-order valence-corrected chi connectivity index (χ4v) is 5.24. The highest BCUT2D eigenvalue weighted by Gasteiger charge is 2.27. The van der Waals surface area contributed by atoms with Gasteiger partial charge in [0, 0.05) is 72.5 Å². The molecule has 2 saturated heterocycles. The Morgan fingerprint density at radius 3 is 1.61 bits per heavy atom. The molecule has 0 radical (unpaired) electrons. The third-order valence-electron chi connectivity index (χ3n) is 7.50. The lowest BCUT2D eigenvalue weighted by atomic mass is 10.1. The Bertz CT molecular complexity index is 1580. The van der Waals surface area contributed by atoms with Crippen molar-refractivity contribution in [2.75, 3.05) is 36.8 Å². The number of hydrogen-bond acceptors (Lipinski definition) is 14. The molecule has 4 aromatic rings. The van der Waals surface area contributed by atoms with Gasteiger partial charge in [-0.15, -0.1) is 10.1 Å². The van der Waals surface area contributed by atoms with Crippen molar-refractivity contribution in [2.24, 2.45) is 0 Å². The zero-order valence-electron chi connectivity index (χ0n) is 24.5. The number of anilines is 2. The highest BCUT2D eigenvalue weighted by atomic mass is 16.7. The molecule has 0 bridgehead atoms. The topological polar surface area (TPSA) is 159 Å². The van der Waals surface area contributed by atoms with Crippen LogP contribution in [0.4, 0.5) is 11.4 Å². The number of carbonyl (C=O) groups excluding carboxylic acids is 2. The van der Waals surface area contributed by atoms with Crippen LogP contribution in [0.25, 0.3) is 22.1 Å². The molecule has 14 nitrogen and oxygen atoms in total. The van der Waals surface area contributed by atoms with Crippen molar-refractivity contribution in [2.45, 2.75) is 39.3 Å². The number of aromatic nitrogens is 4. The maximum atomic E-state index is 12.7. The van der Waals surface area contributed by atoms with Crippen molar-refractivity contribution in [1.29, 1.82) is 0 Å². The van der Waals surface area contributed by atoms with Gasteiger partial charge in [0.2, 0.25) is 0 Å². The van der Waals surface area contributed by atoms with E-state index < -0.39 is 24.5 Å². The fraction of sp³-hybridized carbons (Fsp3) is 0.333. The lowest BCUT2D eigenvalue weighted by molar-refractivity contribution is -0.204. The van der Waals surface area contributed by atoms with Crippen LogP contribution in [0.1, 0.15) is 24.0 Å². The molecule has 2 aromatic carbocycles. The molecule has 0 aliphatic carbocycles. The summed E-state index contributed by atoms with van der Waals surface area (Å²) in [6.07, 6.45) is 9.36. The average molecular weight is 599 g/mol. The maximum absolute atomic E-state index is 12.7. The minimum Gasteiger partial charge on any atom is -0.361 e. The summed E-state index contributed by atoms with van der Waals surface area (Å²) in [6, 6.07) is 7.62. The Kier molecular flexibility index (Phi) is 8.84. The van der Waals surface area contributed by atoms with Crippen LogP contribution in [0.15, 0.2) is 61.2 Å². The minimum atomic E-state index is -0.696. The van der Waals surface area contributed by atoms with Crippen molar-refractivity contribution < 1.29 is 19.3 Å². The summed E-state index contributed by atoms with van der Waals surface area (Å²) in [6.45, 7) is 6.42. The van der Waals surface area contributed by atoms with Gasteiger partial charge in [0.05, 0.1) is 22.1 Å². The van der Waals surface area contributed by atoms with E-state index in [9.17, 15) is 9.59 Å². The molecule has 2 atom stereocenters. The first-order valence-electron chi connectivity index (χ1n) is 14.5. The van der Waals surface area contributed by atoms with Crippen LogP contribution in [0, 0.1) is 13.8 Å². The number of hydroxylamine groups is 4. The number of carbonyl (C=O) groups is 2. The van der Waals surface area contributed by atoms with Crippen LogP contribution < -0.4 is 21.3 Å². The van der Waals surface area contributed by atoms with Gasteiger partial charge in [0.15, 0.2) is 12.6 Å². The Balaban J connectivity index is 1.05. The summed E-state index contributed by atoms with van der Waals surface area (Å²) in [4.78, 5) is 54.2. The quantitative estimate of drug-likeness (QED) is 0.219. The fourth-order valence-electron chi connectivity index (χ4n) is 5.24. The number of aryl methyl sites for hydroxylation is 2. The lowest BCUT2D eigenvalue weighted by Gasteiger charge is -2.35. The van der Waals surface area contributed by atoms with E-state index in [0.717, 1.165) is 82.7 Å². The second kappa shape index (κ2) is 13.3. The number of fused-ring (bicyclic) bond motifs is 2. The second-order valence-electron chi connectivity index (χ2n) is 10.5. The van der Waals surface area contributed by atoms with Crippen LogP contribution >= 0.6 is 0 Å². The van der Waals surface area contributed by atoms with Crippen molar-refractivity contribution in [3.63, 3.8) is 0 Å². The van der Waals surface area contributed by atoms with Crippen molar-refractivity contribution in [1.82, 2.24) is 40.7 Å². The predicted molar refractivity (Wildman–Crippen MR) is 163 cm³/mol. The van der Waals surface area contributed by atoms with Gasteiger partial charge in [-0.25, -0.2) is 9.59 Å². The van der Waals surface area contributed by atoms with Gasteiger partial charge in [0.25, 0.3) is 0 Å². The average Bonchev–Trinajstić information content (AvgIpc) is 3.05. The minimum absolute atomic E-state index is 0.475. The van der Waals surface area contributed by atoms with Gasteiger partial charge in [-0.2, -0.15) is 0 Å². The molecular weight excluding hydrogens is 564 g/mol. The predicted octanol–water partition coefficient (Wildman–Crippen LogP) is 2.34. The Morgan fingerprint density at radius 1 is 0.727 bits per heavy atom. The molecule has 14 heteroatoms. The van der Waals surface area contributed by atoms with Crippen LogP contribution in [-0.2, 0) is 19.3 Å². The van der Waals surface area contributed by atoms with Crippen LogP contribution in [0.3, 0.4) is 0 Å². The smallest absolute Gasteiger partial charge is 0.350 e. The van der Waals surface area contributed by atoms with E-state index in [1.165, 1.54) is 10.1 Å². The van der Waals surface area contributed by atoms with Crippen LogP contribution in [0.5, 0.6) is 0 Å². The molecule has 2 aliphatic heterocycles. The Morgan fingerprint density at radius 2 is 1.16 bits per heavy atom. The third kappa shape index (κ3) is 6.58. The number of rotatable bonds is 8. The monoisotopic (exact) mass is 598 g/mol. The molecule has 0 amide bonds. The van der Waals surface area contributed by atoms with E-state index in [1.807, 2.05) is 38.1 Å². The van der Waals surface area contributed by atoms with Gasteiger partial charge in [-0.3, -0.25) is 30.6 Å². The number of hydrogen-bond donors (Lipinski definition) is 4. The van der Waals surface area contributed by atoms with E-state index in [4.69, 9.17) is 9.68 Å². The first kappa shape index (κ1) is 29.3. The van der Waals surface area contributed by atoms with Crippen molar-refractivity contribution >= 4 is 45.4 Å². The highest BCUT2D eigenvalue weighted by Crippen LogP contribution is 2.25. The van der Waals surface area contributed by atoms with Crippen molar-refractivity contribution in [3.8, 4) is 0 Å². The molecule has 2 aromatic heterocycles. The van der Waals surface area contributed by atoms with Gasteiger partial charge in [-0.05, 0) is 64.0 Å². The van der Waals surface area contributed by atoms with E-state index in [-0.39, 0.29) is 0 Å². The van der Waals surface area contributed by atoms with Gasteiger partial charge >= 0.3 is 11.9 Å². The van der Waals surface area contributed by atoms with E-state index >= 15 is 0 Å². The first-order chi connectivity index (χ1) is 21.5. The van der Waals surface area contributed by atoms with Crippen LogP contribution in [0.2, 0.25) is 0 Å². The molecule has 0 saturated carbocycles. The summed E-state index contributed by atoms with van der Waals surface area (Å²) in [5, 5.41) is 16.4. The molecule has 6 rings (SSSR count). The lowest BCUT2D eigenvalue weighted by Crippen LogP contribution is -2.56. The summed E-state index contributed by atoms with van der Waals surface area (Å²) >= 11 is 0. The zero-order chi connectivity index (χ0) is 30.5. The summed E-state index contributed by atoms with van der Waals surface area (Å²) in [5.74, 6) is -1.39. The molecule has 2 unspecified atom stereocenters. The molecule has 4 heterocycles. The van der Waals surface area contributed by atoms with Gasteiger partial charge in [-0.1, -0.05) is 0 Å². The Hall–Kier alpha value is -4.76. The third-order valence-corrected chi connectivity index (χ3v) is 7.50. The molecule has 2 aliphatic rings. The summed E-state index contributed by atoms with van der Waals surface area (Å²) in [7, 11) is 0. The summed E-state index contributed by atoms with van der Waals surface area (Å²) in [5.41, 5.74) is 6.72. The van der Waals surface area contributed by atoms with E-state index in [1.54, 1.807) is 24.8 Å². The molecule has 44 heavy (non-hydrogen) atoms. The molecule has 4 N–H and O–H groups in total. The number of nitrogens with one attached hydrogen (secondary N) is 4. The Labute approximate surface area is 253 Å². The second-order valence-corrected chi connectivity index (χ2v) is 10.5. The largest absolute Gasteiger partial charge is 0.361 e. The van der Waals surface area contributed by atoms with Gasteiger partial charge < -0.3 is 20.3 Å². The molecular formula is C30H34N10O4. The van der Waals surface area contributed by atoms with Crippen LogP contribution in [-0.4, -0.2) is 80.8 Å². The summed E-state index contributed by atoms with van der Waals surface area (Å²) < 4.78 is 0. The zero-order valence-corrected chi connectivity index (χ0v) is 24.5. The molecule has 2 fully saturated rings. The number of nitrogens with zero attached hydrogens (tertiary/aromatic N) is 6. The molecule has 0 spiro atoms. The SMILES string of the molecule is Cc1c(NC2NCCCN2OC(=O)/C=C/C(=O)ON2CCCNC2Nc2ccc3nccnc3c2C)ccc2nccnc12. The van der Waals surface area contributed by atoms with E-state index in [0.29, 0.717) is 13.1 Å². The number of benzene rings is 2. The maximum Gasteiger partial charge on any atom is 0.350 e. The van der Waals surface area contributed by atoms with E-state index in [2.05, 4.69) is 41.2 Å². The molecule has 228 valence electrons. The van der Waals surface area contributed by atoms with Gasteiger partial charge in [0.1, 0.15) is 0 Å². The highest BCUT2D eigenvalue weighted by molar-refractivity contribution is 5.91. The van der Waals surface area contributed by atoms with Crippen molar-refractivity contribution in [3.05, 3.63) is 72.3 Å². The normalized spacial score (nSPS) is 19.7.